The summed E-state index contributed by atoms with van der Waals surface area (Å²) in [5.41, 5.74) is 7.41. The van der Waals surface area contributed by atoms with E-state index in [0.29, 0.717) is 10.8 Å². The van der Waals surface area contributed by atoms with Crippen molar-refractivity contribution in [2.24, 2.45) is 22.5 Å². The van der Waals surface area contributed by atoms with Gasteiger partial charge in [0.25, 0.3) is 0 Å². The summed E-state index contributed by atoms with van der Waals surface area (Å²) in [6.45, 7) is 11.8. The van der Waals surface area contributed by atoms with Crippen molar-refractivity contribution in [1.29, 1.82) is 0 Å². The molecule has 2 saturated carbocycles. The summed E-state index contributed by atoms with van der Waals surface area (Å²) in [6.07, 6.45) is 4.95. The van der Waals surface area contributed by atoms with E-state index in [1.807, 2.05) is 0 Å². The molecular weight excluding hydrogens is 196 g/mol. The minimum absolute atomic E-state index is 0.182. The summed E-state index contributed by atoms with van der Waals surface area (Å²) in [4.78, 5) is 0. The minimum Gasteiger partial charge on any atom is -0.325 e. The van der Waals surface area contributed by atoms with E-state index in [4.69, 9.17) is 5.73 Å². The summed E-state index contributed by atoms with van der Waals surface area (Å²) in [5, 5.41) is 3.60. The summed E-state index contributed by atoms with van der Waals surface area (Å²) >= 11 is 0. The van der Waals surface area contributed by atoms with Crippen LogP contribution < -0.4 is 11.1 Å². The molecule has 0 aliphatic heterocycles. The molecule has 16 heavy (non-hydrogen) atoms. The number of hydrogen-bond acceptors (Lipinski definition) is 2. The topological polar surface area (TPSA) is 38.0 Å². The van der Waals surface area contributed by atoms with Gasteiger partial charge in [-0.15, -0.1) is 0 Å². The zero-order valence-electron chi connectivity index (χ0n) is 11.4. The van der Waals surface area contributed by atoms with Gasteiger partial charge in [-0.1, -0.05) is 27.7 Å². The molecular formula is C14H28N2. The zero-order valence-corrected chi connectivity index (χ0v) is 11.4. The second-order valence-corrected chi connectivity index (χ2v) is 7.17. The average molecular weight is 224 g/mol. The molecule has 0 atom stereocenters. The number of rotatable bonds is 5. The smallest absolute Gasteiger partial charge is 0.0166 e. The highest BCUT2D eigenvalue weighted by atomic mass is 14.9. The fourth-order valence-electron chi connectivity index (χ4n) is 3.31. The van der Waals surface area contributed by atoms with E-state index < -0.39 is 0 Å². The Balaban J connectivity index is 1.63. The molecule has 0 amide bonds. The van der Waals surface area contributed by atoms with Crippen molar-refractivity contribution in [3.05, 3.63) is 0 Å². The number of hydrogen-bond donors (Lipinski definition) is 2. The first-order valence-corrected chi connectivity index (χ1v) is 6.79. The van der Waals surface area contributed by atoms with Crippen molar-refractivity contribution in [3.63, 3.8) is 0 Å². The van der Waals surface area contributed by atoms with Gasteiger partial charge in [0.15, 0.2) is 0 Å². The van der Waals surface area contributed by atoms with Gasteiger partial charge in [-0.2, -0.15) is 0 Å². The molecule has 0 radical (unpaired) electrons. The van der Waals surface area contributed by atoms with E-state index in [1.54, 1.807) is 0 Å². The molecule has 2 heteroatoms. The van der Waals surface area contributed by atoms with Crippen LogP contribution in [0.2, 0.25) is 0 Å². The van der Waals surface area contributed by atoms with E-state index in [1.165, 1.54) is 19.3 Å². The van der Waals surface area contributed by atoms with Crippen LogP contribution in [0, 0.1) is 16.7 Å². The van der Waals surface area contributed by atoms with Gasteiger partial charge in [0.2, 0.25) is 0 Å². The first-order chi connectivity index (χ1) is 7.30. The van der Waals surface area contributed by atoms with Gasteiger partial charge in [0.05, 0.1) is 0 Å². The van der Waals surface area contributed by atoms with E-state index >= 15 is 0 Å². The molecule has 3 N–H and O–H groups in total. The number of nitrogens with two attached hydrogens (primary N) is 1. The first-order valence-electron chi connectivity index (χ1n) is 6.79. The molecule has 2 aliphatic carbocycles. The molecule has 0 aromatic carbocycles. The largest absolute Gasteiger partial charge is 0.325 e. The van der Waals surface area contributed by atoms with Gasteiger partial charge in [-0.05, 0) is 55.5 Å². The quantitative estimate of drug-likeness (QED) is 0.704. The lowest BCUT2D eigenvalue weighted by Crippen LogP contribution is -2.48. The molecule has 94 valence electrons. The van der Waals surface area contributed by atoms with Crippen LogP contribution in [0.15, 0.2) is 0 Å². The third-order valence-electron chi connectivity index (χ3n) is 5.82. The summed E-state index contributed by atoms with van der Waals surface area (Å²) < 4.78 is 0. The Hall–Kier alpha value is -0.0800. The molecule has 0 spiro atoms. The predicted octanol–water partition coefficient (Wildman–Crippen LogP) is 2.53. The van der Waals surface area contributed by atoms with Crippen molar-refractivity contribution in [3.8, 4) is 0 Å². The highest BCUT2D eigenvalue weighted by molar-refractivity contribution is 5.12. The van der Waals surface area contributed by atoms with E-state index in [9.17, 15) is 0 Å². The first kappa shape index (κ1) is 12.4. The van der Waals surface area contributed by atoms with Crippen molar-refractivity contribution in [1.82, 2.24) is 5.32 Å². The Morgan fingerprint density at radius 3 is 2.06 bits per heavy atom. The average Bonchev–Trinajstić information content (AvgIpc) is 2.51. The number of nitrogens with one attached hydrogen (secondary N) is 1. The van der Waals surface area contributed by atoms with Crippen LogP contribution in [-0.4, -0.2) is 18.6 Å². The minimum atomic E-state index is 0.182. The monoisotopic (exact) mass is 224 g/mol. The van der Waals surface area contributed by atoms with Crippen molar-refractivity contribution in [2.75, 3.05) is 13.1 Å². The molecule has 0 bridgehead atoms. The molecule has 0 aromatic heterocycles. The second-order valence-electron chi connectivity index (χ2n) is 7.17. The molecule has 2 aliphatic rings. The van der Waals surface area contributed by atoms with Gasteiger partial charge in [-0.25, -0.2) is 0 Å². The van der Waals surface area contributed by atoms with Gasteiger partial charge in [-0.3, -0.25) is 0 Å². The Bertz CT molecular complexity index is 250. The van der Waals surface area contributed by atoms with Crippen LogP contribution in [0.25, 0.3) is 0 Å². The van der Waals surface area contributed by atoms with E-state index in [-0.39, 0.29) is 5.54 Å². The predicted molar refractivity (Wildman–Crippen MR) is 69.3 cm³/mol. The molecule has 0 heterocycles. The molecule has 0 aromatic rings. The van der Waals surface area contributed by atoms with Crippen LogP contribution in [0.5, 0.6) is 0 Å². The molecule has 2 nitrogen and oxygen atoms in total. The van der Waals surface area contributed by atoms with Gasteiger partial charge in [0, 0.05) is 5.54 Å². The van der Waals surface area contributed by atoms with Crippen LogP contribution >= 0.6 is 0 Å². The molecule has 0 saturated heterocycles. The Kier molecular flexibility index (Phi) is 2.87. The highest BCUT2D eigenvalue weighted by Crippen LogP contribution is 2.67. The SMILES string of the molecule is CC1(C)C(CNCCC2(N)CCC2)C1(C)C. The van der Waals surface area contributed by atoms with E-state index in [0.717, 1.165) is 25.4 Å². The lowest BCUT2D eigenvalue weighted by molar-refractivity contribution is 0.229. The lowest BCUT2D eigenvalue weighted by Gasteiger charge is -2.38. The summed E-state index contributed by atoms with van der Waals surface area (Å²) in [7, 11) is 0. The van der Waals surface area contributed by atoms with Crippen molar-refractivity contribution < 1.29 is 0 Å². The van der Waals surface area contributed by atoms with Crippen LogP contribution in [0.3, 0.4) is 0 Å². The highest BCUT2D eigenvalue weighted by Gasteiger charge is 2.63. The van der Waals surface area contributed by atoms with Crippen LogP contribution in [0.1, 0.15) is 53.4 Å². The zero-order chi connectivity index (χ0) is 12.0. The van der Waals surface area contributed by atoms with Gasteiger partial charge >= 0.3 is 0 Å². The maximum atomic E-state index is 6.20. The van der Waals surface area contributed by atoms with Gasteiger partial charge in [0.1, 0.15) is 0 Å². The maximum Gasteiger partial charge on any atom is 0.0166 e. The van der Waals surface area contributed by atoms with Crippen LogP contribution in [0.4, 0.5) is 0 Å². The van der Waals surface area contributed by atoms with Crippen molar-refractivity contribution in [2.45, 2.75) is 58.9 Å². The maximum absolute atomic E-state index is 6.20. The summed E-state index contributed by atoms with van der Waals surface area (Å²) in [6, 6.07) is 0. The van der Waals surface area contributed by atoms with E-state index in [2.05, 4.69) is 33.0 Å². The second kappa shape index (κ2) is 3.71. The lowest BCUT2D eigenvalue weighted by atomic mass is 9.75. The Morgan fingerprint density at radius 1 is 1.12 bits per heavy atom. The summed E-state index contributed by atoms with van der Waals surface area (Å²) in [5.74, 6) is 0.829. The third-order valence-corrected chi connectivity index (χ3v) is 5.82. The molecule has 2 fully saturated rings. The normalized spacial score (nSPS) is 29.8. The Morgan fingerprint density at radius 2 is 1.69 bits per heavy atom. The Labute approximate surface area is 100 Å². The third kappa shape index (κ3) is 1.91. The molecule has 2 rings (SSSR count). The van der Waals surface area contributed by atoms with Crippen LogP contribution in [-0.2, 0) is 0 Å². The standard InChI is InChI=1S/C14H28N2/c1-12(2)11(13(12,3)4)10-16-9-8-14(15)6-5-7-14/h11,16H,5-10,15H2,1-4H3. The fraction of sp³-hybridized carbons (Fsp3) is 1.00. The fourth-order valence-corrected chi connectivity index (χ4v) is 3.31. The van der Waals surface area contributed by atoms with Crippen molar-refractivity contribution >= 4 is 0 Å². The van der Waals surface area contributed by atoms with Gasteiger partial charge < -0.3 is 11.1 Å². The molecule has 0 unspecified atom stereocenters.